The summed E-state index contributed by atoms with van der Waals surface area (Å²) in [5.74, 6) is 0.954. The highest BCUT2D eigenvalue weighted by Gasteiger charge is 2.40. The molecule has 0 aliphatic carbocycles. The van der Waals surface area contributed by atoms with Gasteiger partial charge in [0.05, 0.1) is 7.11 Å². The summed E-state index contributed by atoms with van der Waals surface area (Å²) in [4.78, 5) is 0. The fraction of sp³-hybridized carbons (Fsp3) is 0.684. The van der Waals surface area contributed by atoms with Crippen molar-refractivity contribution in [2.45, 2.75) is 77.5 Å². The molecule has 0 atom stereocenters. The molecule has 0 saturated carbocycles. The topological polar surface area (TPSA) is 9.23 Å². The molecule has 0 N–H and O–H groups in total. The second kappa shape index (κ2) is 7.63. The highest BCUT2D eigenvalue weighted by molar-refractivity contribution is 7.68. The second-order valence-electron chi connectivity index (χ2n) is 7.16. The summed E-state index contributed by atoms with van der Waals surface area (Å²) in [7, 11) is 1.51. The van der Waals surface area contributed by atoms with Crippen molar-refractivity contribution in [1.29, 1.82) is 0 Å². The van der Waals surface area contributed by atoms with Gasteiger partial charge < -0.3 is 4.74 Å². The van der Waals surface area contributed by atoms with Crippen molar-refractivity contribution in [2.24, 2.45) is 0 Å². The Hall–Kier alpha value is -0.550. The van der Waals surface area contributed by atoms with Gasteiger partial charge in [0.15, 0.2) is 0 Å². The van der Waals surface area contributed by atoms with Crippen molar-refractivity contribution >= 4 is 13.2 Å². The van der Waals surface area contributed by atoms with Crippen LogP contribution in [0.15, 0.2) is 24.3 Å². The Balaban J connectivity index is 3.23. The van der Waals surface area contributed by atoms with Crippen LogP contribution in [0.2, 0.25) is 0 Å². The zero-order valence-electron chi connectivity index (χ0n) is 15.0. The van der Waals surface area contributed by atoms with E-state index < -0.39 is 0 Å². The van der Waals surface area contributed by atoms with E-state index in [-0.39, 0.29) is 7.92 Å². The zero-order valence-corrected chi connectivity index (χ0v) is 15.9. The summed E-state index contributed by atoms with van der Waals surface area (Å²) in [6.45, 7) is 14.5. The quantitative estimate of drug-likeness (QED) is 0.538. The van der Waals surface area contributed by atoms with Crippen LogP contribution < -0.4 is 10.0 Å². The zero-order chi connectivity index (χ0) is 16.1. The summed E-state index contributed by atoms with van der Waals surface area (Å²) in [5, 5.41) is 2.26. The molecule has 1 aromatic carbocycles. The van der Waals surface area contributed by atoms with E-state index in [0.717, 1.165) is 5.75 Å². The monoisotopic (exact) mass is 308 g/mol. The van der Waals surface area contributed by atoms with Gasteiger partial charge in [-0.1, -0.05) is 74.4 Å². The van der Waals surface area contributed by atoms with Crippen LogP contribution in [-0.2, 0) is 0 Å². The molecule has 0 radical (unpaired) electrons. The third-order valence-electron chi connectivity index (χ3n) is 4.26. The van der Waals surface area contributed by atoms with E-state index in [1.54, 1.807) is 7.11 Å². The Bertz CT molecular complexity index is 402. The minimum atomic E-state index is -0.227. The fourth-order valence-corrected chi connectivity index (χ4v) is 8.08. The number of benzene rings is 1. The Morgan fingerprint density at radius 3 is 1.62 bits per heavy atom. The van der Waals surface area contributed by atoms with E-state index in [2.05, 4.69) is 65.8 Å². The van der Waals surface area contributed by atoms with Gasteiger partial charge in [0, 0.05) is 0 Å². The molecule has 0 amide bonds. The van der Waals surface area contributed by atoms with Crippen LogP contribution in [0, 0.1) is 0 Å². The second-order valence-corrected chi connectivity index (χ2v) is 10.8. The first kappa shape index (κ1) is 18.5. The van der Waals surface area contributed by atoms with Gasteiger partial charge in [-0.25, -0.2) is 0 Å². The summed E-state index contributed by atoms with van der Waals surface area (Å²) in [6.07, 6.45) is 5.09. The molecule has 0 saturated heterocycles. The summed E-state index contributed by atoms with van der Waals surface area (Å²) in [5.41, 5.74) is 0. The maximum absolute atomic E-state index is 5.32. The molecular weight excluding hydrogens is 275 g/mol. The molecule has 0 aliphatic heterocycles. The molecule has 1 nitrogen and oxygen atoms in total. The predicted octanol–water partition coefficient (Wildman–Crippen LogP) is 5.96. The van der Waals surface area contributed by atoms with Crippen molar-refractivity contribution < 1.29 is 4.74 Å². The number of methoxy groups -OCH3 is 1. The molecule has 0 unspecified atom stereocenters. The lowest BCUT2D eigenvalue weighted by molar-refractivity contribution is 0.415. The normalized spacial score (nSPS) is 12.8. The molecule has 0 heterocycles. The maximum Gasteiger partial charge on any atom is 0.118 e. The van der Waals surface area contributed by atoms with E-state index in [1.165, 1.54) is 31.0 Å². The van der Waals surface area contributed by atoms with E-state index >= 15 is 0 Å². The summed E-state index contributed by atoms with van der Waals surface area (Å²) >= 11 is 0. The molecule has 0 fully saturated rings. The standard InChI is InChI=1S/C19H33OP/c1-8-14-18(3,4)21(19(5,6)15-9-2)17-12-10-16(20-7)11-13-17/h10-13H,8-9,14-15H2,1-7H3. The van der Waals surface area contributed by atoms with E-state index in [1.807, 2.05) is 0 Å². The lowest BCUT2D eigenvalue weighted by Gasteiger charge is -2.46. The van der Waals surface area contributed by atoms with Crippen LogP contribution in [0.1, 0.15) is 67.2 Å². The van der Waals surface area contributed by atoms with Crippen molar-refractivity contribution in [3.05, 3.63) is 24.3 Å². The van der Waals surface area contributed by atoms with Gasteiger partial charge in [0.2, 0.25) is 0 Å². The van der Waals surface area contributed by atoms with Crippen molar-refractivity contribution in [3.8, 4) is 5.75 Å². The third-order valence-corrected chi connectivity index (χ3v) is 7.95. The lowest BCUT2D eigenvalue weighted by atomic mass is 10.1. The van der Waals surface area contributed by atoms with Crippen LogP contribution in [-0.4, -0.2) is 17.4 Å². The van der Waals surface area contributed by atoms with Crippen LogP contribution in [0.3, 0.4) is 0 Å². The molecule has 0 spiro atoms. The first-order valence-corrected chi connectivity index (χ1v) is 9.57. The van der Waals surface area contributed by atoms with Gasteiger partial charge in [-0.2, -0.15) is 0 Å². The smallest absolute Gasteiger partial charge is 0.118 e. The lowest BCUT2D eigenvalue weighted by Crippen LogP contribution is -2.35. The summed E-state index contributed by atoms with van der Waals surface area (Å²) in [6, 6.07) is 8.82. The summed E-state index contributed by atoms with van der Waals surface area (Å²) < 4.78 is 5.32. The fourth-order valence-electron chi connectivity index (χ4n) is 3.70. The largest absolute Gasteiger partial charge is 0.497 e. The molecular formula is C19H33OP. The molecule has 1 rings (SSSR count). The van der Waals surface area contributed by atoms with E-state index in [4.69, 9.17) is 4.74 Å². The third kappa shape index (κ3) is 4.71. The maximum atomic E-state index is 5.32. The average molecular weight is 308 g/mol. The van der Waals surface area contributed by atoms with Gasteiger partial charge in [-0.15, -0.1) is 0 Å². The number of rotatable bonds is 8. The first-order valence-electron chi connectivity index (χ1n) is 8.23. The molecule has 0 aromatic heterocycles. The highest BCUT2D eigenvalue weighted by Crippen LogP contribution is 2.61. The van der Waals surface area contributed by atoms with E-state index in [0.29, 0.717) is 10.3 Å². The van der Waals surface area contributed by atoms with Crippen LogP contribution >= 0.6 is 7.92 Å². The molecule has 0 aliphatic rings. The van der Waals surface area contributed by atoms with Crippen LogP contribution in [0.5, 0.6) is 5.75 Å². The van der Waals surface area contributed by atoms with Gasteiger partial charge in [-0.3, -0.25) is 0 Å². The SMILES string of the molecule is CCCC(C)(C)P(c1ccc(OC)cc1)C(C)(C)CCC. The Labute approximate surface area is 133 Å². The van der Waals surface area contributed by atoms with Crippen molar-refractivity contribution in [1.82, 2.24) is 0 Å². The first-order chi connectivity index (χ1) is 9.78. The molecule has 1 aromatic rings. The van der Waals surface area contributed by atoms with Gasteiger partial charge in [-0.05, 0) is 40.6 Å². The van der Waals surface area contributed by atoms with Crippen molar-refractivity contribution in [3.63, 3.8) is 0 Å². The number of ether oxygens (including phenoxy) is 1. The highest BCUT2D eigenvalue weighted by atomic mass is 31.1. The minimum Gasteiger partial charge on any atom is -0.497 e. The van der Waals surface area contributed by atoms with Gasteiger partial charge in [0.1, 0.15) is 5.75 Å². The van der Waals surface area contributed by atoms with Gasteiger partial charge in [0.25, 0.3) is 0 Å². The number of hydrogen-bond donors (Lipinski definition) is 0. The molecule has 120 valence electrons. The Morgan fingerprint density at radius 1 is 0.857 bits per heavy atom. The predicted molar refractivity (Wildman–Crippen MR) is 97.5 cm³/mol. The van der Waals surface area contributed by atoms with Crippen molar-refractivity contribution in [2.75, 3.05) is 7.11 Å². The van der Waals surface area contributed by atoms with E-state index in [9.17, 15) is 0 Å². The Morgan fingerprint density at radius 2 is 1.29 bits per heavy atom. The van der Waals surface area contributed by atoms with Crippen LogP contribution in [0.25, 0.3) is 0 Å². The molecule has 0 bridgehead atoms. The molecule has 21 heavy (non-hydrogen) atoms. The Kier molecular flexibility index (Phi) is 6.72. The average Bonchev–Trinajstić information content (AvgIpc) is 2.38. The van der Waals surface area contributed by atoms with Gasteiger partial charge >= 0.3 is 0 Å². The minimum absolute atomic E-state index is 0.227. The molecule has 2 heteroatoms. The number of hydrogen-bond acceptors (Lipinski definition) is 1. The van der Waals surface area contributed by atoms with Crippen LogP contribution in [0.4, 0.5) is 0 Å².